The van der Waals surface area contributed by atoms with Crippen LogP contribution in [0.1, 0.15) is 35.3 Å². The van der Waals surface area contributed by atoms with Crippen molar-refractivity contribution < 1.29 is 24.2 Å². The SMILES string of the molecule is COC(=O)CC(C)n1cc(C=CC=C2C(=O)N(c3ccc(C(=O)O)cc3)N=C2N)c2ccccc21. The second kappa shape index (κ2) is 9.68. The van der Waals surface area contributed by atoms with E-state index >= 15 is 0 Å². The normalized spacial score (nSPS) is 15.7. The maximum Gasteiger partial charge on any atom is 0.335 e. The molecule has 0 radical (unpaired) electrons. The summed E-state index contributed by atoms with van der Waals surface area (Å²) in [5.41, 5.74) is 8.63. The molecule has 1 unspecified atom stereocenters. The summed E-state index contributed by atoms with van der Waals surface area (Å²) >= 11 is 0. The van der Waals surface area contributed by atoms with E-state index in [9.17, 15) is 14.4 Å². The number of aromatic nitrogens is 1. The van der Waals surface area contributed by atoms with E-state index in [1.165, 1.54) is 31.4 Å². The predicted molar refractivity (Wildman–Crippen MR) is 133 cm³/mol. The van der Waals surface area contributed by atoms with Crippen LogP contribution in [0.3, 0.4) is 0 Å². The van der Waals surface area contributed by atoms with Gasteiger partial charge in [0, 0.05) is 23.1 Å². The Balaban J connectivity index is 1.58. The summed E-state index contributed by atoms with van der Waals surface area (Å²) in [6.07, 6.45) is 7.38. The molecule has 0 spiro atoms. The van der Waals surface area contributed by atoms with Crippen molar-refractivity contribution >= 4 is 46.3 Å². The minimum Gasteiger partial charge on any atom is -0.478 e. The third-order valence-corrected chi connectivity index (χ3v) is 5.74. The fraction of sp³-hybridized carbons (Fsp3) is 0.154. The number of rotatable bonds is 7. The number of amides is 1. The van der Waals surface area contributed by atoms with Crippen molar-refractivity contribution in [1.82, 2.24) is 4.57 Å². The van der Waals surface area contributed by atoms with Gasteiger partial charge < -0.3 is 20.1 Å². The van der Waals surface area contributed by atoms with Crippen LogP contribution in [0, 0.1) is 0 Å². The largest absolute Gasteiger partial charge is 0.478 e. The summed E-state index contributed by atoms with van der Waals surface area (Å²) in [7, 11) is 1.37. The van der Waals surface area contributed by atoms with E-state index in [2.05, 4.69) is 5.10 Å². The van der Waals surface area contributed by atoms with E-state index < -0.39 is 11.9 Å². The Hall–Kier alpha value is -4.66. The molecule has 4 rings (SSSR count). The number of para-hydroxylation sites is 1. The monoisotopic (exact) mass is 472 g/mol. The van der Waals surface area contributed by atoms with Gasteiger partial charge >= 0.3 is 11.9 Å². The zero-order valence-corrected chi connectivity index (χ0v) is 19.2. The maximum absolute atomic E-state index is 12.9. The molecule has 0 fully saturated rings. The first-order chi connectivity index (χ1) is 16.8. The summed E-state index contributed by atoms with van der Waals surface area (Å²) in [4.78, 5) is 35.7. The number of allylic oxidation sites excluding steroid dienone is 2. The molecule has 3 aromatic rings. The zero-order valence-electron chi connectivity index (χ0n) is 19.2. The second-order valence-electron chi connectivity index (χ2n) is 8.03. The lowest BCUT2D eigenvalue weighted by Gasteiger charge is -2.13. The molecule has 2 aromatic carbocycles. The second-order valence-corrected chi connectivity index (χ2v) is 8.03. The zero-order chi connectivity index (χ0) is 25.1. The number of anilines is 1. The number of amidine groups is 1. The van der Waals surface area contributed by atoms with Crippen LogP contribution >= 0.6 is 0 Å². The van der Waals surface area contributed by atoms with Crippen molar-refractivity contribution in [3.63, 3.8) is 0 Å². The summed E-state index contributed by atoms with van der Waals surface area (Å²) < 4.78 is 6.83. The number of esters is 1. The number of carbonyl (C=O) groups is 3. The van der Waals surface area contributed by atoms with Gasteiger partial charge in [-0.15, -0.1) is 5.10 Å². The highest BCUT2D eigenvalue weighted by molar-refractivity contribution is 6.29. The first kappa shape index (κ1) is 23.5. The number of hydrogen-bond donors (Lipinski definition) is 2. The molecule has 0 saturated carbocycles. The highest BCUT2D eigenvalue weighted by Crippen LogP contribution is 2.28. The lowest BCUT2D eigenvalue weighted by Crippen LogP contribution is -2.22. The van der Waals surface area contributed by atoms with Crippen LogP contribution in [0.4, 0.5) is 5.69 Å². The smallest absolute Gasteiger partial charge is 0.335 e. The lowest BCUT2D eigenvalue weighted by molar-refractivity contribution is -0.141. The van der Waals surface area contributed by atoms with Gasteiger partial charge in [-0.3, -0.25) is 9.59 Å². The first-order valence-corrected chi connectivity index (χ1v) is 10.9. The van der Waals surface area contributed by atoms with E-state index in [0.717, 1.165) is 21.5 Å². The Morgan fingerprint density at radius 2 is 1.89 bits per heavy atom. The molecular formula is C26H24N4O5. The fourth-order valence-electron chi connectivity index (χ4n) is 3.91. The number of ether oxygens (including phenoxy) is 1. The summed E-state index contributed by atoms with van der Waals surface area (Å²) in [6, 6.07) is 13.5. The van der Waals surface area contributed by atoms with Gasteiger partial charge in [0.2, 0.25) is 0 Å². The number of hydrazone groups is 1. The van der Waals surface area contributed by atoms with E-state index in [1.807, 2.05) is 48.0 Å². The predicted octanol–water partition coefficient (Wildman–Crippen LogP) is 3.72. The first-order valence-electron chi connectivity index (χ1n) is 10.9. The van der Waals surface area contributed by atoms with Gasteiger partial charge in [-0.1, -0.05) is 30.4 Å². The van der Waals surface area contributed by atoms with Gasteiger partial charge in [0.15, 0.2) is 5.84 Å². The van der Waals surface area contributed by atoms with E-state index in [-0.39, 0.29) is 35.4 Å². The molecule has 0 bridgehead atoms. The van der Waals surface area contributed by atoms with Crippen LogP contribution < -0.4 is 10.7 Å². The number of benzene rings is 2. The summed E-state index contributed by atoms with van der Waals surface area (Å²) in [6.45, 7) is 1.95. The quantitative estimate of drug-likeness (QED) is 0.399. The highest BCUT2D eigenvalue weighted by Gasteiger charge is 2.29. The van der Waals surface area contributed by atoms with Crippen molar-refractivity contribution in [3.8, 4) is 0 Å². The number of aromatic carboxylic acids is 1. The number of nitrogens with zero attached hydrogens (tertiary/aromatic N) is 3. The Morgan fingerprint density at radius 3 is 2.57 bits per heavy atom. The molecule has 1 amide bonds. The number of fused-ring (bicyclic) bond motifs is 1. The van der Waals surface area contributed by atoms with Gasteiger partial charge in [-0.2, -0.15) is 5.01 Å². The van der Waals surface area contributed by atoms with Crippen LogP contribution in [0.5, 0.6) is 0 Å². The fourth-order valence-corrected chi connectivity index (χ4v) is 3.91. The molecule has 3 N–H and O–H groups in total. The van der Waals surface area contributed by atoms with Gasteiger partial charge in [0.25, 0.3) is 5.91 Å². The Labute approximate surface area is 201 Å². The van der Waals surface area contributed by atoms with E-state index in [0.29, 0.717) is 5.69 Å². The number of hydrogen-bond acceptors (Lipinski definition) is 6. The lowest BCUT2D eigenvalue weighted by atomic mass is 10.1. The molecule has 9 nitrogen and oxygen atoms in total. The molecule has 1 atom stereocenters. The van der Waals surface area contributed by atoms with Gasteiger partial charge in [0.1, 0.15) is 0 Å². The van der Waals surface area contributed by atoms with Crippen molar-refractivity contribution in [3.05, 3.63) is 83.6 Å². The number of carbonyl (C=O) groups excluding carboxylic acids is 2. The summed E-state index contributed by atoms with van der Waals surface area (Å²) in [5, 5.41) is 15.3. The molecule has 0 saturated heterocycles. The summed E-state index contributed by atoms with van der Waals surface area (Å²) in [5.74, 6) is -1.69. The Kier molecular flexibility index (Phi) is 6.50. The van der Waals surface area contributed by atoms with Crippen molar-refractivity contribution in [2.45, 2.75) is 19.4 Å². The number of methoxy groups -OCH3 is 1. The Morgan fingerprint density at radius 1 is 1.17 bits per heavy atom. The van der Waals surface area contributed by atoms with Crippen LogP contribution in [0.2, 0.25) is 0 Å². The van der Waals surface area contributed by atoms with Gasteiger partial charge in [0.05, 0.1) is 30.4 Å². The molecule has 178 valence electrons. The van der Waals surface area contributed by atoms with Crippen molar-refractivity contribution in [2.75, 3.05) is 12.1 Å². The number of carboxylic acids is 1. The molecule has 0 aliphatic carbocycles. The molecule has 35 heavy (non-hydrogen) atoms. The van der Waals surface area contributed by atoms with Crippen LogP contribution in [-0.4, -0.2) is 40.5 Å². The van der Waals surface area contributed by atoms with E-state index in [4.69, 9.17) is 15.6 Å². The Bertz CT molecular complexity index is 1400. The minimum absolute atomic E-state index is 0.0658. The molecule has 1 aromatic heterocycles. The molecule has 2 heterocycles. The molecular weight excluding hydrogens is 448 g/mol. The average Bonchev–Trinajstić information content (AvgIpc) is 3.36. The number of carboxylic acid groups (broad SMARTS) is 1. The molecule has 1 aliphatic heterocycles. The van der Waals surface area contributed by atoms with Gasteiger partial charge in [-0.05, 0) is 48.9 Å². The third kappa shape index (κ3) is 4.70. The van der Waals surface area contributed by atoms with Crippen LogP contribution in [-0.2, 0) is 14.3 Å². The van der Waals surface area contributed by atoms with Crippen molar-refractivity contribution in [1.29, 1.82) is 0 Å². The van der Waals surface area contributed by atoms with Crippen molar-refractivity contribution in [2.24, 2.45) is 10.8 Å². The van der Waals surface area contributed by atoms with E-state index in [1.54, 1.807) is 12.2 Å². The van der Waals surface area contributed by atoms with Gasteiger partial charge in [-0.25, -0.2) is 4.79 Å². The maximum atomic E-state index is 12.9. The highest BCUT2D eigenvalue weighted by atomic mass is 16.5. The number of nitrogens with two attached hydrogens (primary N) is 1. The minimum atomic E-state index is -1.06. The standard InChI is InChI=1S/C26H24N4O5/c1-16(14-23(31)35-2)29-15-18(20-7-3-4-9-22(20)29)6-5-8-21-24(27)28-30(25(21)32)19-12-10-17(11-13-19)26(33)34/h3-13,15-16H,14H2,1-2H3,(H2,27,28)(H,33,34). The third-order valence-electron chi connectivity index (χ3n) is 5.74. The molecule has 1 aliphatic rings. The topological polar surface area (TPSA) is 127 Å². The molecule has 9 heteroatoms. The van der Waals surface area contributed by atoms with Crippen LogP contribution in [0.15, 0.2) is 77.6 Å². The van der Waals surface area contributed by atoms with Crippen LogP contribution in [0.25, 0.3) is 17.0 Å². The average molecular weight is 473 g/mol.